The van der Waals surface area contributed by atoms with Crippen LogP contribution in [0.1, 0.15) is 62.5 Å². The van der Waals surface area contributed by atoms with Crippen molar-refractivity contribution in [1.29, 1.82) is 5.26 Å². The second-order valence-electron chi connectivity index (χ2n) is 5.68. The summed E-state index contributed by atoms with van der Waals surface area (Å²) in [5.41, 5.74) is 1.02. The van der Waals surface area contributed by atoms with Gasteiger partial charge < -0.3 is 4.57 Å². The largest absolute Gasteiger partial charge is 0.314 e. The first-order valence-corrected chi connectivity index (χ1v) is 7.75. The molecule has 0 aliphatic carbocycles. The van der Waals surface area contributed by atoms with Crippen LogP contribution in [-0.2, 0) is 13.0 Å². The molecule has 3 rings (SSSR count). The fourth-order valence-electron chi connectivity index (χ4n) is 3.13. The molecule has 106 valence electrons. The Morgan fingerprint density at radius 3 is 2.75 bits per heavy atom. The maximum atomic E-state index is 9.60. The molecule has 5 heteroatoms. The van der Waals surface area contributed by atoms with Crippen LogP contribution in [0.3, 0.4) is 0 Å². The molecular formula is C15H21N5. The number of nitriles is 1. The lowest BCUT2D eigenvalue weighted by atomic mass is 9.99. The monoisotopic (exact) mass is 271 g/mol. The summed E-state index contributed by atoms with van der Waals surface area (Å²) in [6.07, 6.45) is 8.97. The molecule has 0 spiro atoms. The minimum absolute atomic E-state index is 0.299. The zero-order valence-corrected chi connectivity index (χ0v) is 11.9. The van der Waals surface area contributed by atoms with E-state index < -0.39 is 0 Å². The summed E-state index contributed by atoms with van der Waals surface area (Å²) in [6, 6.07) is 2.42. The maximum Gasteiger partial charge on any atom is 0.156 e. The van der Waals surface area contributed by atoms with Gasteiger partial charge in [0.2, 0.25) is 0 Å². The molecule has 1 atom stereocenters. The van der Waals surface area contributed by atoms with Gasteiger partial charge in [0.15, 0.2) is 5.82 Å². The number of fused-ring (bicyclic) bond motifs is 1. The van der Waals surface area contributed by atoms with Gasteiger partial charge in [-0.05, 0) is 32.1 Å². The van der Waals surface area contributed by atoms with Crippen LogP contribution in [0.2, 0.25) is 0 Å². The molecule has 0 unspecified atom stereocenters. The minimum atomic E-state index is -0.299. The predicted octanol–water partition coefficient (Wildman–Crippen LogP) is 2.63. The fraction of sp³-hybridized carbons (Fsp3) is 0.733. The molecule has 1 aromatic rings. The van der Waals surface area contributed by atoms with E-state index in [4.69, 9.17) is 0 Å². The molecule has 0 bridgehead atoms. The summed E-state index contributed by atoms with van der Waals surface area (Å²) in [5.74, 6) is 1.57. The van der Waals surface area contributed by atoms with Crippen molar-refractivity contribution >= 4 is 5.71 Å². The number of aromatic nitrogens is 3. The third-order valence-electron chi connectivity index (χ3n) is 4.26. The summed E-state index contributed by atoms with van der Waals surface area (Å²) in [6.45, 7) is 1.80. The normalized spacial score (nSPS) is 21.1. The van der Waals surface area contributed by atoms with E-state index in [1.165, 1.54) is 19.3 Å². The van der Waals surface area contributed by atoms with Crippen LogP contribution in [0, 0.1) is 11.3 Å². The topological polar surface area (TPSA) is 66.9 Å². The molecule has 1 aromatic heterocycles. The van der Waals surface area contributed by atoms with Gasteiger partial charge >= 0.3 is 0 Å². The number of hydrogen-bond donors (Lipinski definition) is 0. The zero-order valence-electron chi connectivity index (χ0n) is 11.9. The number of nitrogens with zero attached hydrogens (tertiary/aromatic N) is 5. The molecule has 0 aromatic carbocycles. The molecule has 0 fully saturated rings. The minimum Gasteiger partial charge on any atom is -0.314 e. The Balaban J connectivity index is 1.92. The molecule has 3 heterocycles. The fourth-order valence-corrected chi connectivity index (χ4v) is 3.13. The second-order valence-corrected chi connectivity index (χ2v) is 5.68. The Bertz CT molecular complexity index is 537. The van der Waals surface area contributed by atoms with Crippen LogP contribution < -0.4 is 0 Å². The highest BCUT2D eigenvalue weighted by Crippen LogP contribution is 2.24. The quantitative estimate of drug-likeness (QED) is 0.830. The van der Waals surface area contributed by atoms with Gasteiger partial charge in [0.1, 0.15) is 11.7 Å². The van der Waals surface area contributed by atoms with Gasteiger partial charge in [-0.3, -0.25) is 4.99 Å². The summed E-state index contributed by atoms with van der Waals surface area (Å²) in [4.78, 5) is 4.64. The van der Waals surface area contributed by atoms with Crippen molar-refractivity contribution < 1.29 is 0 Å². The first-order chi connectivity index (χ1) is 9.90. The van der Waals surface area contributed by atoms with Crippen LogP contribution >= 0.6 is 0 Å². The number of aliphatic imine (C=N–C) groups is 1. The predicted molar refractivity (Wildman–Crippen MR) is 76.7 cm³/mol. The van der Waals surface area contributed by atoms with Crippen LogP contribution in [-0.4, -0.2) is 27.0 Å². The Morgan fingerprint density at radius 1 is 1.00 bits per heavy atom. The summed E-state index contributed by atoms with van der Waals surface area (Å²) in [7, 11) is 0. The van der Waals surface area contributed by atoms with Crippen LogP contribution in [0.25, 0.3) is 0 Å². The molecule has 0 N–H and O–H groups in total. The van der Waals surface area contributed by atoms with E-state index in [0.29, 0.717) is 0 Å². The highest BCUT2D eigenvalue weighted by molar-refractivity contribution is 5.92. The van der Waals surface area contributed by atoms with E-state index in [1.807, 2.05) is 0 Å². The Hall–Kier alpha value is -1.70. The van der Waals surface area contributed by atoms with E-state index in [2.05, 4.69) is 25.8 Å². The lowest BCUT2D eigenvalue weighted by Crippen LogP contribution is -2.17. The Labute approximate surface area is 119 Å². The van der Waals surface area contributed by atoms with Gasteiger partial charge in [0, 0.05) is 25.2 Å². The Morgan fingerprint density at radius 2 is 1.85 bits per heavy atom. The average Bonchev–Trinajstić information content (AvgIpc) is 2.69. The molecule has 20 heavy (non-hydrogen) atoms. The molecule has 0 saturated carbocycles. The van der Waals surface area contributed by atoms with Gasteiger partial charge in [-0.2, -0.15) is 5.26 Å². The highest BCUT2D eigenvalue weighted by atomic mass is 15.3. The van der Waals surface area contributed by atoms with Gasteiger partial charge in [-0.1, -0.05) is 12.8 Å². The van der Waals surface area contributed by atoms with E-state index in [-0.39, 0.29) is 5.92 Å². The van der Waals surface area contributed by atoms with Crippen molar-refractivity contribution in [2.24, 2.45) is 4.99 Å². The van der Waals surface area contributed by atoms with Gasteiger partial charge in [-0.15, -0.1) is 10.2 Å². The van der Waals surface area contributed by atoms with Crippen molar-refractivity contribution in [2.45, 2.75) is 63.8 Å². The van der Waals surface area contributed by atoms with Gasteiger partial charge in [0.05, 0.1) is 6.07 Å². The van der Waals surface area contributed by atoms with Crippen molar-refractivity contribution in [3.05, 3.63) is 11.6 Å². The standard InChI is InChI=1S/C15H21N5/c16-11-12(13-7-3-1-5-9-17-13)15-19-18-14-8-4-2-6-10-20(14)15/h12H,1-10H2/t12-/m1/s1. The van der Waals surface area contributed by atoms with Crippen molar-refractivity contribution in [3.8, 4) is 6.07 Å². The van der Waals surface area contributed by atoms with E-state index in [1.54, 1.807) is 0 Å². The SMILES string of the molecule is N#C[C@H](C1=NCCCCC1)c1nnc2n1CCCCC2. The zero-order chi connectivity index (χ0) is 13.8. The summed E-state index contributed by atoms with van der Waals surface area (Å²) in [5, 5.41) is 18.2. The van der Waals surface area contributed by atoms with Crippen LogP contribution in [0.15, 0.2) is 4.99 Å². The molecule has 0 saturated heterocycles. The van der Waals surface area contributed by atoms with Crippen LogP contribution in [0.4, 0.5) is 0 Å². The molecular weight excluding hydrogens is 250 g/mol. The highest BCUT2D eigenvalue weighted by Gasteiger charge is 2.26. The molecule has 5 nitrogen and oxygen atoms in total. The van der Waals surface area contributed by atoms with Gasteiger partial charge in [-0.25, -0.2) is 0 Å². The summed E-state index contributed by atoms with van der Waals surface area (Å²) >= 11 is 0. The number of hydrogen-bond acceptors (Lipinski definition) is 4. The number of rotatable bonds is 2. The van der Waals surface area contributed by atoms with Crippen molar-refractivity contribution in [2.75, 3.05) is 6.54 Å². The lowest BCUT2D eigenvalue weighted by molar-refractivity contribution is 0.608. The smallest absolute Gasteiger partial charge is 0.156 e. The lowest BCUT2D eigenvalue weighted by Gasteiger charge is -2.13. The van der Waals surface area contributed by atoms with Crippen LogP contribution in [0.5, 0.6) is 0 Å². The van der Waals surface area contributed by atoms with Crippen molar-refractivity contribution in [1.82, 2.24) is 14.8 Å². The average molecular weight is 271 g/mol. The van der Waals surface area contributed by atoms with E-state index in [9.17, 15) is 5.26 Å². The van der Waals surface area contributed by atoms with Gasteiger partial charge in [0.25, 0.3) is 0 Å². The number of aryl methyl sites for hydroxylation is 1. The molecule has 0 amide bonds. The molecule has 2 aliphatic heterocycles. The first-order valence-electron chi connectivity index (χ1n) is 7.75. The first kappa shape index (κ1) is 13.3. The third kappa shape index (κ3) is 2.60. The van der Waals surface area contributed by atoms with E-state index >= 15 is 0 Å². The molecule has 2 aliphatic rings. The Kier molecular flexibility index (Phi) is 4.10. The van der Waals surface area contributed by atoms with E-state index in [0.717, 1.165) is 62.6 Å². The molecule has 0 radical (unpaired) electrons. The second kappa shape index (κ2) is 6.17. The van der Waals surface area contributed by atoms with Crippen molar-refractivity contribution in [3.63, 3.8) is 0 Å². The maximum absolute atomic E-state index is 9.60. The third-order valence-corrected chi connectivity index (χ3v) is 4.26. The summed E-state index contributed by atoms with van der Waals surface area (Å²) < 4.78 is 2.17.